The van der Waals surface area contributed by atoms with E-state index in [9.17, 15) is 18.0 Å². The van der Waals surface area contributed by atoms with Crippen LogP contribution in [-0.4, -0.2) is 64.7 Å². The number of ether oxygens (including phenoxy) is 2. The molecule has 0 aliphatic rings. The molecule has 0 bridgehead atoms. The summed E-state index contributed by atoms with van der Waals surface area (Å²) in [4.78, 5) is 27.5. The lowest BCUT2D eigenvalue weighted by Gasteiger charge is -2.31. The van der Waals surface area contributed by atoms with E-state index in [4.69, 9.17) is 9.47 Å². The number of nitrogens with zero attached hydrogens (tertiary/aromatic N) is 2. The Labute approximate surface area is 201 Å². The summed E-state index contributed by atoms with van der Waals surface area (Å²) in [6.07, 6.45) is 1.78. The number of rotatable bonds is 12. The number of carbonyl (C=O) groups is 2. The van der Waals surface area contributed by atoms with Crippen LogP contribution in [0.1, 0.15) is 25.8 Å². The number of carbonyl (C=O) groups excluding carboxylic acids is 2. The minimum Gasteiger partial charge on any atom is -0.493 e. The second-order valence-corrected chi connectivity index (χ2v) is 9.69. The van der Waals surface area contributed by atoms with Gasteiger partial charge in [-0.2, -0.15) is 0 Å². The van der Waals surface area contributed by atoms with Crippen LogP contribution >= 0.6 is 0 Å². The number of sulfonamides is 1. The van der Waals surface area contributed by atoms with Crippen LogP contribution < -0.4 is 19.1 Å². The molecule has 0 heterocycles. The van der Waals surface area contributed by atoms with Gasteiger partial charge in [0.05, 0.1) is 26.2 Å². The summed E-state index contributed by atoms with van der Waals surface area (Å²) in [6, 6.07) is 13.0. The number of benzene rings is 2. The van der Waals surface area contributed by atoms with Crippen molar-refractivity contribution in [1.29, 1.82) is 0 Å². The minimum atomic E-state index is -3.84. The van der Waals surface area contributed by atoms with Crippen molar-refractivity contribution in [2.75, 3.05) is 37.9 Å². The van der Waals surface area contributed by atoms with Gasteiger partial charge in [0.25, 0.3) is 0 Å². The third-order valence-electron chi connectivity index (χ3n) is 5.25. The lowest BCUT2D eigenvalue weighted by Crippen LogP contribution is -2.51. The maximum absolute atomic E-state index is 13.5. The third-order valence-corrected chi connectivity index (χ3v) is 6.39. The molecule has 0 saturated heterocycles. The summed E-state index contributed by atoms with van der Waals surface area (Å²) >= 11 is 0. The lowest BCUT2D eigenvalue weighted by atomic mass is 10.1. The molecule has 2 amide bonds. The molecule has 2 rings (SSSR count). The monoisotopic (exact) mass is 491 g/mol. The van der Waals surface area contributed by atoms with Gasteiger partial charge in [0.1, 0.15) is 12.6 Å². The molecule has 1 N–H and O–H groups in total. The summed E-state index contributed by atoms with van der Waals surface area (Å²) in [5, 5.41) is 2.80. The highest BCUT2D eigenvalue weighted by atomic mass is 32.2. The predicted octanol–water partition coefficient (Wildman–Crippen LogP) is 2.41. The lowest BCUT2D eigenvalue weighted by molar-refractivity contribution is -0.139. The van der Waals surface area contributed by atoms with E-state index in [1.54, 1.807) is 13.0 Å². The Morgan fingerprint density at radius 3 is 2.24 bits per heavy atom. The fraction of sp³-hybridized carbons (Fsp3) is 0.417. The summed E-state index contributed by atoms with van der Waals surface area (Å²) < 4.78 is 36.8. The number of amides is 2. The first-order valence-corrected chi connectivity index (χ1v) is 12.8. The first-order chi connectivity index (χ1) is 16.1. The van der Waals surface area contributed by atoms with E-state index in [1.807, 2.05) is 37.3 Å². The van der Waals surface area contributed by atoms with Crippen molar-refractivity contribution in [2.24, 2.45) is 0 Å². The summed E-state index contributed by atoms with van der Waals surface area (Å²) in [6.45, 7) is 3.73. The second-order valence-electron chi connectivity index (χ2n) is 7.78. The maximum atomic E-state index is 13.5. The van der Waals surface area contributed by atoms with Crippen LogP contribution in [0, 0.1) is 0 Å². The third kappa shape index (κ3) is 7.11. The summed E-state index contributed by atoms with van der Waals surface area (Å²) in [7, 11) is -0.921. The number of anilines is 1. The SMILES string of the molecule is CCCNC(=O)[C@@H](C)N(Cc1ccccc1)C(=O)CN(c1ccc(OC)c(OC)c1)S(C)(=O)=O. The van der Waals surface area contributed by atoms with Crippen LogP contribution in [0.5, 0.6) is 11.5 Å². The Bertz CT molecular complexity index is 1080. The van der Waals surface area contributed by atoms with Gasteiger partial charge in [0.2, 0.25) is 21.8 Å². The zero-order valence-electron chi connectivity index (χ0n) is 20.3. The number of hydrogen-bond acceptors (Lipinski definition) is 6. The van der Waals surface area contributed by atoms with Gasteiger partial charge in [-0.25, -0.2) is 8.42 Å². The van der Waals surface area contributed by atoms with E-state index >= 15 is 0 Å². The molecule has 2 aromatic carbocycles. The maximum Gasteiger partial charge on any atom is 0.244 e. The van der Waals surface area contributed by atoms with Gasteiger partial charge in [-0.15, -0.1) is 0 Å². The topological polar surface area (TPSA) is 105 Å². The molecule has 0 aromatic heterocycles. The van der Waals surface area contributed by atoms with Crippen molar-refractivity contribution >= 4 is 27.5 Å². The van der Waals surface area contributed by atoms with E-state index in [2.05, 4.69) is 5.32 Å². The van der Waals surface area contributed by atoms with Gasteiger partial charge in [0.15, 0.2) is 11.5 Å². The van der Waals surface area contributed by atoms with E-state index in [-0.39, 0.29) is 18.1 Å². The number of hydrogen-bond donors (Lipinski definition) is 1. The Balaban J connectivity index is 2.39. The molecular formula is C24H33N3O6S. The first-order valence-electron chi connectivity index (χ1n) is 10.9. The van der Waals surface area contributed by atoms with Crippen LogP contribution in [-0.2, 0) is 26.2 Å². The van der Waals surface area contributed by atoms with Gasteiger partial charge >= 0.3 is 0 Å². The van der Waals surface area contributed by atoms with Gasteiger partial charge in [-0.1, -0.05) is 37.3 Å². The predicted molar refractivity (Wildman–Crippen MR) is 131 cm³/mol. The van der Waals surface area contributed by atoms with Crippen LogP contribution in [0.15, 0.2) is 48.5 Å². The van der Waals surface area contributed by atoms with Crippen molar-refractivity contribution in [2.45, 2.75) is 32.9 Å². The van der Waals surface area contributed by atoms with E-state index in [1.165, 1.54) is 31.3 Å². The van der Waals surface area contributed by atoms with Gasteiger partial charge < -0.3 is 19.7 Å². The average Bonchev–Trinajstić information content (AvgIpc) is 2.83. The van der Waals surface area contributed by atoms with E-state index in [0.717, 1.165) is 22.5 Å². The molecule has 0 aliphatic carbocycles. The molecule has 0 saturated carbocycles. The van der Waals surface area contributed by atoms with Gasteiger partial charge in [-0.3, -0.25) is 13.9 Å². The quantitative estimate of drug-likeness (QED) is 0.489. The largest absolute Gasteiger partial charge is 0.493 e. The van der Waals surface area contributed by atoms with E-state index < -0.39 is 28.5 Å². The molecule has 9 nitrogen and oxygen atoms in total. The molecule has 2 aromatic rings. The zero-order chi connectivity index (χ0) is 25.3. The summed E-state index contributed by atoms with van der Waals surface area (Å²) in [5.41, 5.74) is 1.07. The Kier molecular flexibility index (Phi) is 9.73. The molecule has 1 atom stereocenters. The van der Waals surface area contributed by atoms with Gasteiger partial charge in [-0.05, 0) is 31.0 Å². The fourth-order valence-corrected chi connectivity index (χ4v) is 4.19. The number of methoxy groups -OCH3 is 2. The standard InChI is InChI=1S/C24H33N3O6S/c1-6-14-25-24(29)18(2)26(16-19-10-8-7-9-11-19)23(28)17-27(34(5,30)31)20-12-13-21(32-3)22(15-20)33-4/h7-13,15,18H,6,14,16-17H2,1-5H3,(H,25,29)/t18-/m1/s1. The summed E-state index contributed by atoms with van der Waals surface area (Å²) in [5.74, 6) is -0.0566. The number of nitrogens with one attached hydrogen (secondary N) is 1. The molecular weight excluding hydrogens is 458 g/mol. The van der Waals surface area contributed by atoms with Crippen LogP contribution in [0.2, 0.25) is 0 Å². The second kappa shape index (κ2) is 12.3. The molecule has 34 heavy (non-hydrogen) atoms. The van der Waals surface area contributed by atoms with Crippen molar-refractivity contribution in [3.63, 3.8) is 0 Å². The van der Waals surface area contributed by atoms with Crippen molar-refractivity contribution in [3.05, 3.63) is 54.1 Å². The molecule has 186 valence electrons. The highest BCUT2D eigenvalue weighted by Crippen LogP contribution is 2.32. The van der Waals surface area contributed by atoms with E-state index in [0.29, 0.717) is 18.0 Å². The molecule has 0 fully saturated rings. The van der Waals surface area contributed by atoms with Crippen LogP contribution in [0.25, 0.3) is 0 Å². The Hall–Kier alpha value is -3.27. The van der Waals surface area contributed by atoms with Crippen molar-refractivity contribution in [1.82, 2.24) is 10.2 Å². The minimum absolute atomic E-state index is 0.157. The molecule has 0 aliphatic heterocycles. The normalized spacial score (nSPS) is 11.9. The molecule has 10 heteroatoms. The highest BCUT2D eigenvalue weighted by Gasteiger charge is 2.30. The smallest absolute Gasteiger partial charge is 0.244 e. The highest BCUT2D eigenvalue weighted by molar-refractivity contribution is 7.92. The first kappa shape index (κ1) is 27.0. The molecule has 0 radical (unpaired) electrons. The Morgan fingerprint density at radius 1 is 1.03 bits per heavy atom. The van der Waals surface area contributed by atoms with Crippen molar-refractivity contribution < 1.29 is 27.5 Å². The van der Waals surface area contributed by atoms with Crippen LogP contribution in [0.3, 0.4) is 0 Å². The van der Waals surface area contributed by atoms with Gasteiger partial charge in [0, 0.05) is 19.2 Å². The molecule has 0 spiro atoms. The zero-order valence-corrected chi connectivity index (χ0v) is 21.1. The van der Waals surface area contributed by atoms with Crippen LogP contribution in [0.4, 0.5) is 5.69 Å². The van der Waals surface area contributed by atoms with Crippen molar-refractivity contribution in [3.8, 4) is 11.5 Å². The molecule has 0 unspecified atom stereocenters. The fourth-order valence-electron chi connectivity index (χ4n) is 3.35. The average molecular weight is 492 g/mol. The Morgan fingerprint density at radius 2 is 1.68 bits per heavy atom.